The van der Waals surface area contributed by atoms with Gasteiger partial charge in [-0.1, -0.05) is 0 Å². The van der Waals surface area contributed by atoms with Crippen LogP contribution in [0.4, 0.5) is 0 Å². The molecule has 0 aliphatic heterocycles. The molecule has 1 rings (SSSR count). The van der Waals surface area contributed by atoms with Crippen LogP contribution in [-0.4, -0.2) is 28.8 Å². The molecule has 0 bridgehead atoms. The fourth-order valence-corrected chi connectivity index (χ4v) is 1.01. The normalized spacial score (nSPS) is 15.3. The summed E-state index contributed by atoms with van der Waals surface area (Å²) in [4.78, 5) is 7.93. The van der Waals surface area contributed by atoms with Crippen molar-refractivity contribution in [3.63, 3.8) is 0 Å². The highest BCUT2D eigenvalue weighted by atomic mass is 16.5. The Hall–Kier alpha value is -1.00. The molecule has 0 saturated heterocycles. The van der Waals surface area contributed by atoms with Crippen molar-refractivity contribution in [3.05, 3.63) is 24.3 Å². The summed E-state index contributed by atoms with van der Waals surface area (Å²) in [5.74, 6) is 0. The highest BCUT2D eigenvalue weighted by Gasteiger charge is 2.24. The van der Waals surface area contributed by atoms with Crippen molar-refractivity contribution in [2.45, 2.75) is 18.9 Å². The van der Waals surface area contributed by atoms with Gasteiger partial charge in [0.2, 0.25) is 0 Å². The van der Waals surface area contributed by atoms with Crippen LogP contribution in [0.15, 0.2) is 18.6 Å². The number of hydrogen-bond acceptors (Lipinski definition) is 4. The Morgan fingerprint density at radius 3 is 2.85 bits per heavy atom. The van der Waals surface area contributed by atoms with Crippen LogP contribution in [0.1, 0.15) is 19.0 Å². The monoisotopic (exact) mass is 182 g/mol. The molecule has 1 aromatic rings. The summed E-state index contributed by atoms with van der Waals surface area (Å²) >= 11 is 0. The van der Waals surface area contributed by atoms with Gasteiger partial charge in [0.25, 0.3) is 0 Å². The van der Waals surface area contributed by atoms with Crippen molar-refractivity contribution in [2.75, 3.05) is 13.7 Å². The van der Waals surface area contributed by atoms with E-state index in [2.05, 4.69) is 9.97 Å². The van der Waals surface area contributed by atoms with Crippen molar-refractivity contribution < 1.29 is 9.84 Å². The third kappa shape index (κ3) is 2.75. The van der Waals surface area contributed by atoms with Crippen molar-refractivity contribution in [2.24, 2.45) is 0 Å². The molecule has 0 amide bonds. The minimum absolute atomic E-state index is 0.504. The highest BCUT2D eigenvalue weighted by Crippen LogP contribution is 2.20. The van der Waals surface area contributed by atoms with Crippen LogP contribution in [0.25, 0.3) is 0 Å². The van der Waals surface area contributed by atoms with Crippen LogP contribution in [0.2, 0.25) is 0 Å². The van der Waals surface area contributed by atoms with Crippen molar-refractivity contribution in [1.82, 2.24) is 9.97 Å². The minimum Gasteiger partial charge on any atom is -0.385 e. The van der Waals surface area contributed by atoms with Gasteiger partial charge in [0.05, 0.1) is 11.9 Å². The fraction of sp³-hybridized carbons (Fsp3) is 0.556. The van der Waals surface area contributed by atoms with Gasteiger partial charge in [0, 0.05) is 32.5 Å². The largest absolute Gasteiger partial charge is 0.385 e. The molecule has 0 spiro atoms. The van der Waals surface area contributed by atoms with Crippen LogP contribution in [-0.2, 0) is 10.3 Å². The summed E-state index contributed by atoms with van der Waals surface area (Å²) in [6.45, 7) is 2.21. The van der Waals surface area contributed by atoms with E-state index in [-0.39, 0.29) is 0 Å². The Morgan fingerprint density at radius 2 is 2.31 bits per heavy atom. The molecule has 72 valence electrons. The smallest absolute Gasteiger partial charge is 0.107 e. The van der Waals surface area contributed by atoms with Gasteiger partial charge in [-0.15, -0.1) is 0 Å². The first-order valence-corrected chi connectivity index (χ1v) is 4.14. The van der Waals surface area contributed by atoms with Gasteiger partial charge >= 0.3 is 0 Å². The van der Waals surface area contributed by atoms with E-state index in [9.17, 15) is 5.11 Å². The second-order valence-corrected chi connectivity index (χ2v) is 3.11. The molecule has 1 atom stereocenters. The maximum absolute atomic E-state index is 9.93. The molecule has 1 heterocycles. The quantitative estimate of drug-likeness (QED) is 0.745. The Bertz CT molecular complexity index is 249. The van der Waals surface area contributed by atoms with Gasteiger partial charge in [-0.25, -0.2) is 0 Å². The van der Waals surface area contributed by atoms with Gasteiger partial charge < -0.3 is 9.84 Å². The summed E-state index contributed by atoms with van der Waals surface area (Å²) in [6, 6.07) is 0. The molecule has 0 saturated carbocycles. The average Bonchev–Trinajstić information content (AvgIpc) is 2.16. The van der Waals surface area contributed by atoms with E-state index in [0.717, 1.165) is 0 Å². The fourth-order valence-electron chi connectivity index (χ4n) is 1.01. The molecule has 4 nitrogen and oxygen atoms in total. The first kappa shape index (κ1) is 10.1. The first-order chi connectivity index (χ1) is 6.17. The molecular formula is C9H14N2O2. The summed E-state index contributed by atoms with van der Waals surface area (Å²) in [5, 5.41) is 9.93. The Morgan fingerprint density at radius 1 is 1.54 bits per heavy atom. The summed E-state index contributed by atoms with van der Waals surface area (Å²) in [6.07, 6.45) is 5.23. The first-order valence-electron chi connectivity index (χ1n) is 4.14. The number of aromatic nitrogens is 2. The number of nitrogens with zero attached hydrogens (tertiary/aromatic N) is 2. The van der Waals surface area contributed by atoms with Gasteiger partial charge in [-0.2, -0.15) is 0 Å². The molecule has 1 N–H and O–H groups in total. The predicted octanol–water partition coefficient (Wildman–Crippen LogP) is 0.721. The second-order valence-electron chi connectivity index (χ2n) is 3.11. The zero-order chi connectivity index (χ0) is 9.73. The summed E-state index contributed by atoms with van der Waals surface area (Å²) in [7, 11) is 1.60. The molecule has 0 aliphatic rings. The van der Waals surface area contributed by atoms with Gasteiger partial charge in [0.15, 0.2) is 0 Å². The van der Waals surface area contributed by atoms with E-state index in [1.54, 1.807) is 32.6 Å². The predicted molar refractivity (Wildman–Crippen MR) is 48.1 cm³/mol. The number of aliphatic hydroxyl groups is 1. The van der Waals surface area contributed by atoms with Crippen LogP contribution in [0, 0.1) is 0 Å². The van der Waals surface area contributed by atoms with E-state index in [0.29, 0.717) is 18.7 Å². The molecular weight excluding hydrogens is 168 g/mol. The Labute approximate surface area is 77.6 Å². The topological polar surface area (TPSA) is 55.2 Å². The van der Waals surface area contributed by atoms with Gasteiger partial charge in [0.1, 0.15) is 5.60 Å². The van der Waals surface area contributed by atoms with Crippen LogP contribution >= 0.6 is 0 Å². The minimum atomic E-state index is -0.954. The maximum Gasteiger partial charge on any atom is 0.107 e. The molecule has 0 radical (unpaired) electrons. The standard InChI is InChI=1S/C9H14N2O2/c1-9(12,3-6-13-2)8-7-10-4-5-11-8/h4-5,7,12H,3,6H2,1-2H3. The molecule has 0 fully saturated rings. The van der Waals surface area contributed by atoms with Crippen LogP contribution < -0.4 is 0 Å². The number of ether oxygens (including phenoxy) is 1. The van der Waals surface area contributed by atoms with Crippen LogP contribution in [0.5, 0.6) is 0 Å². The Kier molecular flexibility index (Phi) is 3.33. The number of methoxy groups -OCH3 is 1. The second kappa shape index (κ2) is 4.30. The molecule has 0 aliphatic carbocycles. The average molecular weight is 182 g/mol. The van der Waals surface area contributed by atoms with E-state index in [4.69, 9.17) is 4.74 Å². The summed E-state index contributed by atoms with van der Waals surface area (Å²) in [5.41, 5.74) is -0.378. The molecule has 4 heteroatoms. The third-order valence-electron chi connectivity index (χ3n) is 1.91. The van der Waals surface area contributed by atoms with Crippen molar-refractivity contribution in [1.29, 1.82) is 0 Å². The van der Waals surface area contributed by atoms with E-state index < -0.39 is 5.60 Å². The lowest BCUT2D eigenvalue weighted by Gasteiger charge is -2.21. The molecule has 1 aromatic heterocycles. The lowest BCUT2D eigenvalue weighted by atomic mass is 9.99. The molecule has 0 aromatic carbocycles. The number of rotatable bonds is 4. The summed E-state index contributed by atoms with van der Waals surface area (Å²) < 4.78 is 4.89. The Balaban J connectivity index is 2.69. The van der Waals surface area contributed by atoms with E-state index >= 15 is 0 Å². The third-order valence-corrected chi connectivity index (χ3v) is 1.91. The van der Waals surface area contributed by atoms with E-state index in [1.165, 1.54) is 0 Å². The number of hydrogen-bond donors (Lipinski definition) is 1. The zero-order valence-electron chi connectivity index (χ0n) is 7.90. The lowest BCUT2D eigenvalue weighted by molar-refractivity contribution is 0.0170. The molecule has 1 unspecified atom stereocenters. The van der Waals surface area contributed by atoms with Gasteiger partial charge in [-0.3, -0.25) is 9.97 Å². The highest BCUT2D eigenvalue weighted by molar-refractivity contribution is 5.05. The van der Waals surface area contributed by atoms with Crippen LogP contribution in [0.3, 0.4) is 0 Å². The maximum atomic E-state index is 9.93. The van der Waals surface area contributed by atoms with E-state index in [1.807, 2.05) is 0 Å². The zero-order valence-corrected chi connectivity index (χ0v) is 7.90. The molecule has 13 heavy (non-hydrogen) atoms. The SMILES string of the molecule is COCCC(C)(O)c1cnccn1. The lowest BCUT2D eigenvalue weighted by Crippen LogP contribution is -2.24. The van der Waals surface area contributed by atoms with Gasteiger partial charge in [-0.05, 0) is 6.92 Å². The van der Waals surface area contributed by atoms with Crippen molar-refractivity contribution in [3.8, 4) is 0 Å². The van der Waals surface area contributed by atoms with Crippen molar-refractivity contribution >= 4 is 0 Å².